The molecule has 8 nitrogen and oxygen atoms in total. The number of carbonyl (C=O) groups excluding carboxylic acids is 1. The predicted molar refractivity (Wildman–Crippen MR) is 115 cm³/mol. The van der Waals surface area contributed by atoms with Crippen molar-refractivity contribution in [1.82, 2.24) is 5.09 Å². The molecule has 1 atom stereocenters. The summed E-state index contributed by atoms with van der Waals surface area (Å²) in [6.45, 7) is 4.10. The number of rotatable bonds is 13. The summed E-state index contributed by atoms with van der Waals surface area (Å²) in [5, 5.41) is 2.59. The highest BCUT2D eigenvalue weighted by atomic mass is 31.2. The Morgan fingerprint density at radius 2 is 1.57 bits per heavy atom. The third-order valence-corrected chi connectivity index (χ3v) is 5.77. The lowest BCUT2D eigenvalue weighted by atomic mass is 10.1. The van der Waals surface area contributed by atoms with Crippen molar-refractivity contribution < 1.29 is 28.0 Å². The quantitative estimate of drug-likeness (QED) is 0.263. The van der Waals surface area contributed by atoms with Crippen molar-refractivity contribution in [3.8, 4) is 11.5 Å². The Hall–Kier alpha value is -2.54. The van der Waals surface area contributed by atoms with Gasteiger partial charge in [-0.2, -0.15) is 5.09 Å². The zero-order chi connectivity index (χ0) is 21.8. The van der Waals surface area contributed by atoms with E-state index in [9.17, 15) is 9.36 Å². The molecule has 0 radical (unpaired) electrons. The molecule has 2 rings (SSSR count). The number of para-hydroxylation sites is 1. The molecule has 2 aromatic rings. The number of esters is 1. The molecule has 0 fully saturated rings. The second kappa shape index (κ2) is 12.2. The zero-order valence-electron chi connectivity index (χ0n) is 17.5. The first-order chi connectivity index (χ1) is 14.5. The second-order valence-electron chi connectivity index (χ2n) is 6.52. The number of nitrogens with one attached hydrogen (secondary N) is 2. The second-order valence-corrected chi connectivity index (χ2v) is 8.20. The van der Waals surface area contributed by atoms with Crippen LogP contribution in [0.4, 0.5) is 5.69 Å². The van der Waals surface area contributed by atoms with Crippen LogP contribution in [0.1, 0.15) is 26.7 Å². The van der Waals surface area contributed by atoms with Gasteiger partial charge in [-0.15, -0.1) is 0 Å². The van der Waals surface area contributed by atoms with E-state index < -0.39 is 13.7 Å². The zero-order valence-corrected chi connectivity index (χ0v) is 18.4. The van der Waals surface area contributed by atoms with E-state index in [1.165, 1.54) is 7.11 Å². The molecule has 0 heterocycles. The smallest absolute Gasteiger partial charge is 0.464 e. The topological polar surface area (TPSA) is 95.1 Å². The largest absolute Gasteiger partial charge is 0.513 e. The normalized spacial score (nSPS) is 12.8. The summed E-state index contributed by atoms with van der Waals surface area (Å²) in [6.07, 6.45) is 1.84. The molecule has 0 aliphatic carbocycles. The summed E-state index contributed by atoms with van der Waals surface area (Å²) in [6, 6.07) is 15.2. The summed E-state index contributed by atoms with van der Waals surface area (Å²) >= 11 is 0. The van der Waals surface area contributed by atoms with Crippen LogP contribution >= 0.6 is 7.75 Å². The van der Waals surface area contributed by atoms with Gasteiger partial charge in [0.25, 0.3) is 0 Å². The maximum absolute atomic E-state index is 13.3. The Morgan fingerprint density at radius 1 is 0.967 bits per heavy atom. The van der Waals surface area contributed by atoms with Crippen molar-refractivity contribution in [1.29, 1.82) is 0 Å². The molecule has 1 unspecified atom stereocenters. The lowest BCUT2D eigenvalue weighted by molar-refractivity contribution is -0.143. The highest BCUT2D eigenvalue weighted by molar-refractivity contribution is 7.52. The number of ether oxygens (including phenoxy) is 1. The van der Waals surface area contributed by atoms with Crippen molar-refractivity contribution in [2.75, 3.05) is 25.7 Å². The Balaban J connectivity index is 2.05. The van der Waals surface area contributed by atoms with Gasteiger partial charge >= 0.3 is 13.7 Å². The van der Waals surface area contributed by atoms with Crippen LogP contribution in [0.2, 0.25) is 0 Å². The minimum Gasteiger partial charge on any atom is -0.464 e. The number of carbonyl (C=O) groups is 1. The molecule has 2 N–H and O–H groups in total. The van der Waals surface area contributed by atoms with Gasteiger partial charge in [0.2, 0.25) is 0 Å². The van der Waals surface area contributed by atoms with Gasteiger partial charge in [-0.25, -0.2) is 4.57 Å². The van der Waals surface area contributed by atoms with Gasteiger partial charge in [-0.05, 0) is 42.3 Å². The molecule has 2 aromatic carbocycles. The average molecular weight is 436 g/mol. The predicted octanol–water partition coefficient (Wildman–Crippen LogP) is 4.79. The maximum atomic E-state index is 13.3. The highest BCUT2D eigenvalue weighted by Crippen LogP contribution is 2.44. The molecule has 0 aromatic heterocycles. The van der Waals surface area contributed by atoms with Gasteiger partial charge in [-0.1, -0.05) is 44.9 Å². The van der Waals surface area contributed by atoms with E-state index in [1.54, 1.807) is 48.5 Å². The molecular formula is C21H29N2O6P. The van der Waals surface area contributed by atoms with Crippen LogP contribution in [-0.4, -0.2) is 26.2 Å². The summed E-state index contributed by atoms with van der Waals surface area (Å²) in [7, 11) is -2.41. The number of hydrogen-bond donors (Lipinski definition) is 2. The first kappa shape index (κ1) is 23.7. The van der Waals surface area contributed by atoms with Gasteiger partial charge < -0.3 is 13.8 Å². The Kier molecular flexibility index (Phi) is 9.67. The number of anilines is 1. The van der Waals surface area contributed by atoms with Crippen molar-refractivity contribution >= 4 is 19.4 Å². The minimum atomic E-state index is -3.91. The van der Waals surface area contributed by atoms with Crippen LogP contribution in [0.5, 0.6) is 11.5 Å². The monoisotopic (exact) mass is 436 g/mol. The number of benzene rings is 2. The van der Waals surface area contributed by atoms with Crippen LogP contribution in [0.3, 0.4) is 0 Å². The average Bonchev–Trinajstić information content (AvgIpc) is 2.75. The van der Waals surface area contributed by atoms with Gasteiger partial charge in [0.1, 0.15) is 18.0 Å². The molecule has 0 spiro atoms. The number of hydrogen-bond acceptors (Lipinski definition) is 7. The van der Waals surface area contributed by atoms with E-state index >= 15 is 0 Å². The van der Waals surface area contributed by atoms with Crippen LogP contribution in [-0.2, 0) is 18.9 Å². The molecule has 9 heteroatoms. The molecule has 30 heavy (non-hydrogen) atoms. The summed E-state index contributed by atoms with van der Waals surface area (Å²) in [5.74, 6) is 0.420. The molecule has 0 aliphatic heterocycles. The molecule has 0 bridgehead atoms. The fourth-order valence-electron chi connectivity index (χ4n) is 2.49. The van der Waals surface area contributed by atoms with Crippen LogP contribution in [0, 0.1) is 5.92 Å². The Bertz CT molecular complexity index is 812. The van der Waals surface area contributed by atoms with Gasteiger partial charge in [0.15, 0.2) is 0 Å². The lowest BCUT2D eigenvalue weighted by Crippen LogP contribution is -2.27. The van der Waals surface area contributed by atoms with E-state index in [0.29, 0.717) is 29.7 Å². The van der Waals surface area contributed by atoms with Gasteiger partial charge in [0, 0.05) is 0 Å². The van der Waals surface area contributed by atoms with Crippen LogP contribution < -0.4 is 19.6 Å². The molecule has 0 aliphatic rings. The van der Waals surface area contributed by atoms with E-state index in [-0.39, 0.29) is 6.54 Å². The first-order valence-electron chi connectivity index (χ1n) is 9.82. The third kappa shape index (κ3) is 8.06. The third-order valence-electron chi connectivity index (χ3n) is 4.32. The molecule has 164 valence electrons. The van der Waals surface area contributed by atoms with Crippen LogP contribution in [0.25, 0.3) is 0 Å². The fourth-order valence-corrected chi connectivity index (χ4v) is 3.78. The van der Waals surface area contributed by atoms with Crippen molar-refractivity contribution in [2.24, 2.45) is 5.92 Å². The van der Waals surface area contributed by atoms with Crippen molar-refractivity contribution in [3.05, 3.63) is 54.6 Å². The fraction of sp³-hybridized carbons (Fsp3) is 0.381. The summed E-state index contributed by atoms with van der Waals surface area (Å²) in [5.41, 5.74) is 3.37. The standard InChI is InChI=1S/C21H29N2O6P/c1-4-17(5-2)16-27-21(24)15-22-30(25,28-19-9-7-6-8-10-19)29-20-13-11-18(12-14-20)23-26-3/h6-14,17,23H,4-5,15-16H2,1-3H3,(H,22,25). The lowest BCUT2D eigenvalue weighted by Gasteiger charge is -2.20. The maximum Gasteiger partial charge on any atom is 0.513 e. The van der Waals surface area contributed by atoms with E-state index in [2.05, 4.69) is 10.6 Å². The summed E-state index contributed by atoms with van der Waals surface area (Å²) in [4.78, 5) is 16.9. The Labute approximate surface area is 177 Å². The van der Waals surface area contributed by atoms with E-state index in [1.807, 2.05) is 19.9 Å². The van der Waals surface area contributed by atoms with Crippen LogP contribution in [0.15, 0.2) is 54.6 Å². The minimum absolute atomic E-state index is 0.300. The van der Waals surface area contributed by atoms with Crippen molar-refractivity contribution in [3.63, 3.8) is 0 Å². The Morgan fingerprint density at radius 3 is 2.13 bits per heavy atom. The van der Waals surface area contributed by atoms with E-state index in [0.717, 1.165) is 12.8 Å². The molecule has 0 amide bonds. The van der Waals surface area contributed by atoms with E-state index in [4.69, 9.17) is 18.6 Å². The molecular weight excluding hydrogens is 407 g/mol. The molecule has 0 saturated heterocycles. The summed E-state index contributed by atoms with van der Waals surface area (Å²) < 4.78 is 29.8. The highest BCUT2D eigenvalue weighted by Gasteiger charge is 2.29. The van der Waals surface area contributed by atoms with Gasteiger partial charge in [-0.3, -0.25) is 15.1 Å². The SMILES string of the molecule is CCC(CC)COC(=O)CNP(=O)(Oc1ccccc1)Oc1ccc(NOC)cc1. The first-order valence-corrected chi connectivity index (χ1v) is 11.4. The molecule has 0 saturated carbocycles. The van der Waals surface area contributed by atoms with Crippen molar-refractivity contribution in [2.45, 2.75) is 26.7 Å². The van der Waals surface area contributed by atoms with Gasteiger partial charge in [0.05, 0.1) is 19.4 Å².